The van der Waals surface area contributed by atoms with Gasteiger partial charge >= 0.3 is 0 Å². The monoisotopic (exact) mass is 212 g/mol. The third-order valence-corrected chi connectivity index (χ3v) is 2.86. The van der Waals surface area contributed by atoms with E-state index in [4.69, 9.17) is 9.26 Å². The summed E-state index contributed by atoms with van der Waals surface area (Å²) in [7, 11) is 1.64. The molecule has 1 aliphatic rings. The highest BCUT2D eigenvalue weighted by Crippen LogP contribution is 2.36. The van der Waals surface area contributed by atoms with Crippen molar-refractivity contribution >= 4 is 0 Å². The number of hydrogen-bond acceptors (Lipinski definition) is 5. The second-order valence-corrected chi connectivity index (χ2v) is 3.95. The molecule has 5 heteroatoms. The van der Waals surface area contributed by atoms with E-state index in [9.17, 15) is 5.11 Å². The molecule has 0 bridgehead atoms. The number of ether oxygens (including phenoxy) is 1. The molecule has 1 aliphatic carbocycles. The maximum atomic E-state index is 9.17. The first kappa shape index (κ1) is 10.6. The van der Waals surface area contributed by atoms with E-state index >= 15 is 0 Å². The van der Waals surface area contributed by atoms with Gasteiger partial charge in [-0.2, -0.15) is 4.98 Å². The van der Waals surface area contributed by atoms with Crippen molar-refractivity contribution in [1.82, 2.24) is 10.1 Å². The highest BCUT2D eigenvalue weighted by atomic mass is 16.5. The van der Waals surface area contributed by atoms with Crippen molar-refractivity contribution in [3.63, 3.8) is 0 Å². The second-order valence-electron chi connectivity index (χ2n) is 3.95. The molecule has 0 aliphatic heterocycles. The SMILES string of the molecule is CCC(OC)c1noc(C2CC(O)C2)n1. The molecule has 1 N–H and O–H groups in total. The minimum atomic E-state index is -0.199. The zero-order valence-corrected chi connectivity index (χ0v) is 9.01. The van der Waals surface area contributed by atoms with Crippen molar-refractivity contribution < 1.29 is 14.4 Å². The molecule has 84 valence electrons. The molecule has 5 nitrogen and oxygen atoms in total. The van der Waals surface area contributed by atoms with Gasteiger partial charge in [0.15, 0.2) is 0 Å². The van der Waals surface area contributed by atoms with Crippen LogP contribution in [0.4, 0.5) is 0 Å². The van der Waals surface area contributed by atoms with E-state index in [1.165, 1.54) is 0 Å². The van der Waals surface area contributed by atoms with Crippen LogP contribution >= 0.6 is 0 Å². The van der Waals surface area contributed by atoms with E-state index < -0.39 is 0 Å². The number of nitrogens with zero attached hydrogens (tertiary/aromatic N) is 2. The topological polar surface area (TPSA) is 68.4 Å². The van der Waals surface area contributed by atoms with Crippen molar-refractivity contribution in [2.24, 2.45) is 0 Å². The van der Waals surface area contributed by atoms with E-state index in [-0.39, 0.29) is 18.1 Å². The number of aliphatic hydroxyl groups is 1. The predicted molar refractivity (Wildman–Crippen MR) is 52.3 cm³/mol. The summed E-state index contributed by atoms with van der Waals surface area (Å²) < 4.78 is 10.4. The number of rotatable bonds is 4. The summed E-state index contributed by atoms with van der Waals surface area (Å²) in [6, 6.07) is 0. The molecule has 0 aromatic carbocycles. The van der Waals surface area contributed by atoms with Gasteiger partial charge in [-0.3, -0.25) is 0 Å². The van der Waals surface area contributed by atoms with Gasteiger partial charge in [-0.05, 0) is 19.3 Å². The number of hydrogen-bond donors (Lipinski definition) is 1. The first-order chi connectivity index (χ1) is 7.24. The molecule has 1 heterocycles. The van der Waals surface area contributed by atoms with Crippen LogP contribution in [0.15, 0.2) is 4.52 Å². The molecule has 1 atom stereocenters. The Morgan fingerprint density at radius 2 is 2.33 bits per heavy atom. The fourth-order valence-electron chi connectivity index (χ4n) is 1.79. The molecule has 1 fully saturated rings. The lowest BCUT2D eigenvalue weighted by atomic mass is 9.82. The summed E-state index contributed by atoms with van der Waals surface area (Å²) in [5.41, 5.74) is 0. The van der Waals surface area contributed by atoms with Crippen LogP contribution in [0.3, 0.4) is 0 Å². The fraction of sp³-hybridized carbons (Fsp3) is 0.800. The molecule has 1 unspecified atom stereocenters. The van der Waals surface area contributed by atoms with Crippen molar-refractivity contribution in [2.75, 3.05) is 7.11 Å². The fourth-order valence-corrected chi connectivity index (χ4v) is 1.79. The van der Waals surface area contributed by atoms with Gasteiger partial charge in [0.1, 0.15) is 6.10 Å². The van der Waals surface area contributed by atoms with E-state index in [2.05, 4.69) is 10.1 Å². The average Bonchev–Trinajstić information content (AvgIpc) is 2.64. The smallest absolute Gasteiger partial charge is 0.230 e. The Morgan fingerprint density at radius 3 is 2.87 bits per heavy atom. The third kappa shape index (κ3) is 2.03. The molecule has 0 spiro atoms. The van der Waals surface area contributed by atoms with E-state index in [1.54, 1.807) is 7.11 Å². The molecule has 1 aromatic heterocycles. The van der Waals surface area contributed by atoms with Gasteiger partial charge in [0.25, 0.3) is 0 Å². The largest absolute Gasteiger partial charge is 0.393 e. The molecule has 0 amide bonds. The van der Waals surface area contributed by atoms with Crippen LogP contribution in [0.1, 0.15) is 49.9 Å². The Kier molecular flexibility index (Phi) is 3.02. The van der Waals surface area contributed by atoms with Crippen molar-refractivity contribution in [3.8, 4) is 0 Å². The second kappa shape index (κ2) is 4.28. The maximum absolute atomic E-state index is 9.17. The van der Waals surface area contributed by atoms with Crippen molar-refractivity contribution in [1.29, 1.82) is 0 Å². The van der Waals surface area contributed by atoms with E-state index in [0.717, 1.165) is 19.3 Å². The molecule has 1 aromatic rings. The Balaban J connectivity index is 2.03. The van der Waals surface area contributed by atoms with E-state index in [1.807, 2.05) is 6.92 Å². The molecular weight excluding hydrogens is 196 g/mol. The lowest BCUT2D eigenvalue weighted by molar-refractivity contribution is 0.0624. The maximum Gasteiger partial charge on any atom is 0.230 e. The van der Waals surface area contributed by atoms with Crippen LogP contribution in [0.2, 0.25) is 0 Å². The van der Waals surface area contributed by atoms with Gasteiger partial charge in [0.2, 0.25) is 11.7 Å². The van der Waals surface area contributed by atoms with Crippen LogP contribution < -0.4 is 0 Å². The highest BCUT2D eigenvalue weighted by Gasteiger charge is 2.33. The van der Waals surface area contributed by atoms with Crippen LogP contribution in [0.25, 0.3) is 0 Å². The summed E-state index contributed by atoms with van der Waals surface area (Å²) in [5.74, 6) is 1.47. The average molecular weight is 212 g/mol. The molecule has 1 saturated carbocycles. The van der Waals surface area contributed by atoms with E-state index in [0.29, 0.717) is 11.7 Å². The summed E-state index contributed by atoms with van der Waals surface area (Å²) in [5, 5.41) is 13.1. The Bertz CT molecular complexity index is 316. The van der Waals surface area contributed by atoms with Crippen molar-refractivity contribution in [2.45, 2.75) is 44.3 Å². The minimum absolute atomic E-state index is 0.0903. The lowest BCUT2D eigenvalue weighted by Crippen LogP contribution is -2.26. The quantitative estimate of drug-likeness (QED) is 0.817. The Morgan fingerprint density at radius 1 is 1.60 bits per heavy atom. The first-order valence-electron chi connectivity index (χ1n) is 5.29. The normalized spacial score (nSPS) is 27.4. The predicted octanol–water partition coefficient (Wildman–Crippen LogP) is 1.41. The summed E-state index contributed by atoms with van der Waals surface area (Å²) >= 11 is 0. The zero-order chi connectivity index (χ0) is 10.8. The van der Waals surface area contributed by atoms with Gasteiger partial charge in [-0.25, -0.2) is 0 Å². The first-order valence-corrected chi connectivity index (χ1v) is 5.29. The Labute approximate surface area is 88.4 Å². The molecule has 0 radical (unpaired) electrons. The number of aromatic nitrogens is 2. The van der Waals surface area contributed by atoms with Gasteiger partial charge in [0.05, 0.1) is 6.10 Å². The van der Waals surface area contributed by atoms with Gasteiger partial charge < -0.3 is 14.4 Å². The van der Waals surface area contributed by atoms with Gasteiger partial charge in [-0.1, -0.05) is 12.1 Å². The van der Waals surface area contributed by atoms with Crippen LogP contribution in [0, 0.1) is 0 Å². The number of aliphatic hydroxyl groups excluding tert-OH is 1. The zero-order valence-electron chi connectivity index (χ0n) is 9.01. The number of methoxy groups -OCH3 is 1. The summed E-state index contributed by atoms with van der Waals surface area (Å²) in [6.07, 6.45) is 1.99. The van der Waals surface area contributed by atoms with Gasteiger partial charge in [-0.15, -0.1) is 0 Å². The summed E-state index contributed by atoms with van der Waals surface area (Å²) in [6.45, 7) is 2.01. The highest BCUT2D eigenvalue weighted by molar-refractivity contribution is 5.02. The summed E-state index contributed by atoms with van der Waals surface area (Å²) in [4.78, 5) is 4.29. The van der Waals surface area contributed by atoms with Crippen molar-refractivity contribution in [3.05, 3.63) is 11.7 Å². The lowest BCUT2D eigenvalue weighted by Gasteiger charge is -2.27. The molecule has 2 rings (SSSR count). The molecule has 15 heavy (non-hydrogen) atoms. The van der Waals surface area contributed by atoms with Gasteiger partial charge in [0, 0.05) is 13.0 Å². The third-order valence-electron chi connectivity index (χ3n) is 2.86. The Hall–Kier alpha value is -0.940. The standard InChI is InChI=1S/C10H16N2O3/c1-3-8(14-2)9-11-10(15-12-9)6-4-7(13)5-6/h6-8,13H,3-5H2,1-2H3. The van der Waals surface area contributed by atoms with Crippen LogP contribution in [-0.2, 0) is 4.74 Å². The van der Waals surface area contributed by atoms with Crippen LogP contribution in [-0.4, -0.2) is 28.5 Å². The van der Waals surface area contributed by atoms with Crippen LogP contribution in [0.5, 0.6) is 0 Å². The molecule has 0 saturated heterocycles. The molecular formula is C10H16N2O3. The minimum Gasteiger partial charge on any atom is -0.393 e.